The fourth-order valence-electron chi connectivity index (χ4n) is 4.00. The normalized spacial score (nSPS) is 20.5. The summed E-state index contributed by atoms with van der Waals surface area (Å²) in [5, 5.41) is 8.01. The van der Waals surface area contributed by atoms with Gasteiger partial charge in [0.2, 0.25) is 5.95 Å². The fourth-order valence-corrected chi connectivity index (χ4v) is 4.00. The van der Waals surface area contributed by atoms with E-state index < -0.39 is 0 Å². The number of aromatic nitrogens is 3. The number of nitrogens with zero attached hydrogens (tertiary/aromatic N) is 4. The fraction of sp³-hybridized carbons (Fsp3) is 0.611. The monoisotopic (exact) mass is 326 g/mol. The summed E-state index contributed by atoms with van der Waals surface area (Å²) in [6.45, 7) is 7.29. The van der Waals surface area contributed by atoms with E-state index in [9.17, 15) is 0 Å². The van der Waals surface area contributed by atoms with Gasteiger partial charge in [-0.2, -0.15) is 9.97 Å². The summed E-state index contributed by atoms with van der Waals surface area (Å²) in [4.78, 5) is 16.7. The molecule has 1 aliphatic carbocycles. The summed E-state index contributed by atoms with van der Waals surface area (Å²) in [6.07, 6.45) is 4.53. The van der Waals surface area contributed by atoms with E-state index in [1.807, 2.05) is 0 Å². The molecule has 1 aliphatic heterocycles. The molecule has 2 N–H and O–H groups in total. The van der Waals surface area contributed by atoms with Crippen molar-refractivity contribution in [2.45, 2.75) is 45.6 Å². The first kappa shape index (κ1) is 15.6. The molecule has 1 fully saturated rings. The van der Waals surface area contributed by atoms with Gasteiger partial charge in [-0.1, -0.05) is 0 Å². The van der Waals surface area contributed by atoms with Gasteiger partial charge in [0.1, 0.15) is 5.82 Å². The Morgan fingerprint density at radius 3 is 2.83 bits per heavy atom. The van der Waals surface area contributed by atoms with Crippen molar-refractivity contribution in [3.8, 4) is 0 Å². The first-order chi connectivity index (χ1) is 11.7. The van der Waals surface area contributed by atoms with Crippen molar-refractivity contribution < 1.29 is 0 Å². The Morgan fingerprint density at radius 2 is 2.08 bits per heavy atom. The molecule has 0 spiro atoms. The first-order valence-corrected chi connectivity index (χ1v) is 9.04. The Kier molecular flexibility index (Phi) is 4.00. The second-order valence-corrected chi connectivity index (χ2v) is 7.03. The second kappa shape index (κ2) is 6.16. The van der Waals surface area contributed by atoms with Crippen LogP contribution >= 0.6 is 0 Å². The van der Waals surface area contributed by atoms with Crippen LogP contribution in [0.1, 0.15) is 36.6 Å². The van der Waals surface area contributed by atoms with E-state index >= 15 is 0 Å². The van der Waals surface area contributed by atoms with E-state index in [0.29, 0.717) is 12.0 Å². The van der Waals surface area contributed by atoms with Gasteiger partial charge in [-0.15, -0.1) is 0 Å². The number of rotatable bonds is 4. The molecule has 0 bridgehead atoms. The number of anilines is 2. The van der Waals surface area contributed by atoms with E-state index in [2.05, 4.69) is 36.4 Å². The number of pyridine rings is 1. The molecule has 0 radical (unpaired) electrons. The van der Waals surface area contributed by atoms with Crippen LogP contribution in [0, 0.1) is 6.92 Å². The Hall–Kier alpha value is -1.95. The van der Waals surface area contributed by atoms with Crippen LogP contribution in [0.4, 0.5) is 11.8 Å². The topological polar surface area (TPSA) is 66.0 Å². The molecule has 3 heterocycles. The van der Waals surface area contributed by atoms with Crippen molar-refractivity contribution in [1.29, 1.82) is 0 Å². The van der Waals surface area contributed by atoms with E-state index in [4.69, 9.17) is 15.0 Å². The van der Waals surface area contributed by atoms with E-state index in [0.717, 1.165) is 55.7 Å². The van der Waals surface area contributed by atoms with Gasteiger partial charge in [0, 0.05) is 24.8 Å². The number of fused-ring (bicyclic) bond motifs is 2. The molecular formula is C18H26N6. The molecule has 2 aliphatic rings. The lowest BCUT2D eigenvalue weighted by atomic mass is 10.1. The third-order valence-electron chi connectivity index (χ3n) is 5.22. The van der Waals surface area contributed by atoms with Gasteiger partial charge in [-0.3, -0.25) is 0 Å². The minimum Gasteiger partial charge on any atom is -0.370 e. The molecule has 1 saturated heterocycles. The molecule has 1 atom stereocenters. The third-order valence-corrected chi connectivity index (χ3v) is 5.22. The molecule has 0 aromatic carbocycles. The summed E-state index contributed by atoms with van der Waals surface area (Å²) >= 11 is 0. The average Bonchev–Trinajstić information content (AvgIpc) is 3.16. The number of aryl methyl sites for hydroxylation is 2. The van der Waals surface area contributed by atoms with Crippen LogP contribution in [0.2, 0.25) is 0 Å². The van der Waals surface area contributed by atoms with Gasteiger partial charge in [0.15, 0.2) is 5.65 Å². The minimum absolute atomic E-state index is 0.414. The average molecular weight is 326 g/mol. The number of likely N-dealkylation sites (N-methyl/N-ethyl adjacent to an activating group) is 1. The van der Waals surface area contributed by atoms with Gasteiger partial charge in [-0.05, 0) is 64.3 Å². The predicted molar refractivity (Wildman–Crippen MR) is 97.8 cm³/mol. The lowest BCUT2D eigenvalue weighted by Crippen LogP contribution is -2.25. The second-order valence-electron chi connectivity index (χ2n) is 7.03. The van der Waals surface area contributed by atoms with Crippen molar-refractivity contribution in [3.63, 3.8) is 0 Å². The zero-order valence-corrected chi connectivity index (χ0v) is 14.8. The molecular weight excluding hydrogens is 300 g/mol. The lowest BCUT2D eigenvalue weighted by Gasteiger charge is -2.17. The minimum atomic E-state index is 0.414. The predicted octanol–water partition coefficient (Wildman–Crippen LogP) is 2.37. The van der Waals surface area contributed by atoms with Crippen molar-refractivity contribution >= 4 is 22.8 Å². The zero-order chi connectivity index (χ0) is 16.7. The highest BCUT2D eigenvalue weighted by molar-refractivity contribution is 5.91. The molecule has 2 aromatic rings. The Morgan fingerprint density at radius 1 is 1.21 bits per heavy atom. The van der Waals surface area contributed by atoms with Crippen LogP contribution in [0.3, 0.4) is 0 Å². The first-order valence-electron chi connectivity index (χ1n) is 9.04. The van der Waals surface area contributed by atoms with Gasteiger partial charge >= 0.3 is 0 Å². The number of likely N-dealkylation sites (tertiary alicyclic amines) is 1. The SMILES string of the molecule is CCNc1nc(NC2CCN(C)C2)nc2nc3c(c(C)c12)CCC3. The maximum absolute atomic E-state index is 4.87. The van der Waals surface area contributed by atoms with E-state index in [1.165, 1.54) is 23.2 Å². The summed E-state index contributed by atoms with van der Waals surface area (Å²) in [7, 11) is 2.15. The zero-order valence-electron chi connectivity index (χ0n) is 14.8. The highest BCUT2D eigenvalue weighted by Crippen LogP contribution is 2.32. The van der Waals surface area contributed by atoms with E-state index in [-0.39, 0.29) is 0 Å². The highest BCUT2D eigenvalue weighted by atomic mass is 15.2. The highest BCUT2D eigenvalue weighted by Gasteiger charge is 2.23. The van der Waals surface area contributed by atoms with Crippen LogP contribution in [-0.4, -0.2) is 52.6 Å². The third kappa shape index (κ3) is 2.69. The van der Waals surface area contributed by atoms with Crippen molar-refractivity contribution in [2.24, 2.45) is 0 Å². The van der Waals surface area contributed by atoms with E-state index in [1.54, 1.807) is 0 Å². The molecule has 4 rings (SSSR count). The van der Waals surface area contributed by atoms with Crippen LogP contribution < -0.4 is 10.6 Å². The Bertz CT molecular complexity index is 772. The Labute approximate surface area is 143 Å². The number of nitrogens with one attached hydrogen (secondary N) is 2. The lowest BCUT2D eigenvalue weighted by molar-refractivity contribution is 0.414. The van der Waals surface area contributed by atoms with Crippen LogP contribution in [0.25, 0.3) is 11.0 Å². The van der Waals surface area contributed by atoms with Gasteiger partial charge in [-0.25, -0.2) is 4.98 Å². The van der Waals surface area contributed by atoms with Gasteiger partial charge in [0.05, 0.1) is 5.39 Å². The molecule has 128 valence electrons. The maximum atomic E-state index is 4.87. The standard InChI is InChI=1S/C18H26N6/c1-4-19-16-15-11(2)13-6-5-7-14(13)21-17(15)23-18(22-16)20-12-8-9-24(3)10-12/h12H,4-10H2,1-3H3,(H2,19,20,21,22,23). The molecule has 1 unspecified atom stereocenters. The quantitative estimate of drug-likeness (QED) is 0.899. The number of hydrogen-bond acceptors (Lipinski definition) is 6. The largest absolute Gasteiger partial charge is 0.370 e. The molecule has 6 nitrogen and oxygen atoms in total. The molecule has 0 saturated carbocycles. The maximum Gasteiger partial charge on any atom is 0.226 e. The summed E-state index contributed by atoms with van der Waals surface area (Å²) in [5.41, 5.74) is 4.76. The smallest absolute Gasteiger partial charge is 0.226 e. The van der Waals surface area contributed by atoms with Gasteiger partial charge < -0.3 is 15.5 Å². The number of hydrogen-bond donors (Lipinski definition) is 2. The molecule has 6 heteroatoms. The Balaban J connectivity index is 1.78. The summed E-state index contributed by atoms with van der Waals surface area (Å²) in [6, 6.07) is 0.414. The van der Waals surface area contributed by atoms with Crippen LogP contribution in [0.5, 0.6) is 0 Å². The van der Waals surface area contributed by atoms with Crippen LogP contribution in [-0.2, 0) is 12.8 Å². The molecule has 2 aromatic heterocycles. The van der Waals surface area contributed by atoms with Crippen molar-refractivity contribution in [2.75, 3.05) is 37.3 Å². The van der Waals surface area contributed by atoms with Crippen molar-refractivity contribution in [1.82, 2.24) is 19.9 Å². The molecule has 24 heavy (non-hydrogen) atoms. The van der Waals surface area contributed by atoms with Crippen LogP contribution in [0.15, 0.2) is 0 Å². The molecule has 0 amide bonds. The van der Waals surface area contributed by atoms with Crippen molar-refractivity contribution in [3.05, 3.63) is 16.8 Å². The van der Waals surface area contributed by atoms with Gasteiger partial charge in [0.25, 0.3) is 0 Å². The summed E-state index contributed by atoms with van der Waals surface area (Å²) < 4.78 is 0. The summed E-state index contributed by atoms with van der Waals surface area (Å²) in [5.74, 6) is 1.61.